The van der Waals surface area contributed by atoms with E-state index < -0.39 is 10.0 Å². The highest BCUT2D eigenvalue weighted by atomic mass is 32.2. The van der Waals surface area contributed by atoms with Gasteiger partial charge in [0.2, 0.25) is 10.0 Å². The van der Waals surface area contributed by atoms with E-state index in [1.165, 1.54) is 13.1 Å². The van der Waals surface area contributed by atoms with E-state index in [1.54, 1.807) is 24.3 Å². The summed E-state index contributed by atoms with van der Waals surface area (Å²) in [7, 11) is -2.06. The van der Waals surface area contributed by atoms with Crippen LogP contribution in [0.15, 0.2) is 41.3 Å². The van der Waals surface area contributed by atoms with Crippen molar-refractivity contribution in [2.24, 2.45) is 0 Å². The summed E-state index contributed by atoms with van der Waals surface area (Å²) >= 11 is 0. The van der Waals surface area contributed by atoms with Gasteiger partial charge in [-0.15, -0.1) is 0 Å². The first-order chi connectivity index (χ1) is 7.56. The zero-order valence-corrected chi connectivity index (χ0v) is 9.58. The molecular formula is C11H12N2O2S. The van der Waals surface area contributed by atoms with Gasteiger partial charge in [-0.05, 0) is 19.2 Å². The lowest BCUT2D eigenvalue weighted by Gasteiger charge is -2.08. The molecule has 2 aromatic carbocycles. The minimum atomic E-state index is -3.45. The molecule has 0 amide bonds. The fraction of sp³-hybridized carbons (Fsp3) is 0.0909. The molecule has 0 aliphatic heterocycles. The summed E-state index contributed by atoms with van der Waals surface area (Å²) in [6.45, 7) is 0. The van der Waals surface area contributed by atoms with E-state index in [4.69, 9.17) is 5.73 Å². The molecular weight excluding hydrogens is 224 g/mol. The van der Waals surface area contributed by atoms with Crippen LogP contribution in [-0.4, -0.2) is 15.5 Å². The third-order valence-electron chi connectivity index (χ3n) is 2.48. The van der Waals surface area contributed by atoms with Gasteiger partial charge < -0.3 is 5.73 Å². The largest absolute Gasteiger partial charge is 0.398 e. The summed E-state index contributed by atoms with van der Waals surface area (Å²) < 4.78 is 25.8. The van der Waals surface area contributed by atoms with Crippen molar-refractivity contribution >= 4 is 26.5 Å². The summed E-state index contributed by atoms with van der Waals surface area (Å²) in [6.07, 6.45) is 0. The fourth-order valence-electron chi connectivity index (χ4n) is 1.64. The SMILES string of the molecule is CNS(=O)(=O)c1ccc(N)c2ccccc12. The Morgan fingerprint density at radius 2 is 1.69 bits per heavy atom. The van der Waals surface area contributed by atoms with Gasteiger partial charge in [-0.3, -0.25) is 0 Å². The van der Waals surface area contributed by atoms with E-state index in [0.29, 0.717) is 11.1 Å². The van der Waals surface area contributed by atoms with Crippen molar-refractivity contribution < 1.29 is 8.42 Å². The third-order valence-corrected chi connectivity index (χ3v) is 3.95. The van der Waals surface area contributed by atoms with Crippen molar-refractivity contribution in [1.29, 1.82) is 0 Å². The van der Waals surface area contributed by atoms with Crippen molar-refractivity contribution in [3.05, 3.63) is 36.4 Å². The quantitative estimate of drug-likeness (QED) is 0.773. The van der Waals surface area contributed by atoms with E-state index >= 15 is 0 Å². The molecule has 0 aromatic heterocycles. The highest BCUT2D eigenvalue weighted by Gasteiger charge is 2.15. The summed E-state index contributed by atoms with van der Waals surface area (Å²) in [4.78, 5) is 0.250. The second kappa shape index (κ2) is 3.77. The van der Waals surface area contributed by atoms with E-state index in [-0.39, 0.29) is 4.90 Å². The van der Waals surface area contributed by atoms with Crippen LogP contribution in [0.25, 0.3) is 10.8 Å². The number of nitrogens with two attached hydrogens (primary N) is 1. The normalized spacial score (nSPS) is 11.8. The second-order valence-corrected chi connectivity index (χ2v) is 5.26. The Morgan fingerprint density at radius 3 is 2.31 bits per heavy atom. The first-order valence-corrected chi connectivity index (χ1v) is 6.25. The maximum atomic E-state index is 11.8. The molecule has 0 aliphatic carbocycles. The maximum Gasteiger partial charge on any atom is 0.240 e. The molecule has 0 fully saturated rings. The number of nitrogens with one attached hydrogen (secondary N) is 1. The molecule has 0 heterocycles. The lowest BCUT2D eigenvalue weighted by molar-refractivity contribution is 0.589. The zero-order valence-electron chi connectivity index (χ0n) is 8.77. The molecule has 0 saturated heterocycles. The van der Waals surface area contributed by atoms with Gasteiger partial charge in [0.15, 0.2) is 0 Å². The van der Waals surface area contributed by atoms with Crippen molar-refractivity contribution in [3.8, 4) is 0 Å². The smallest absolute Gasteiger partial charge is 0.240 e. The van der Waals surface area contributed by atoms with Crippen LogP contribution in [0, 0.1) is 0 Å². The highest BCUT2D eigenvalue weighted by molar-refractivity contribution is 7.89. The summed E-state index contributed by atoms with van der Waals surface area (Å²) in [5.41, 5.74) is 6.37. The molecule has 0 unspecified atom stereocenters. The first kappa shape index (κ1) is 10.9. The molecule has 0 radical (unpaired) electrons. The summed E-state index contributed by atoms with van der Waals surface area (Å²) in [5.74, 6) is 0. The number of rotatable bonds is 2. The van der Waals surface area contributed by atoms with Crippen LogP contribution >= 0.6 is 0 Å². The van der Waals surface area contributed by atoms with Crippen LogP contribution in [-0.2, 0) is 10.0 Å². The molecule has 4 nitrogen and oxygen atoms in total. The Labute approximate surface area is 94.1 Å². The number of hydrogen-bond donors (Lipinski definition) is 2. The van der Waals surface area contributed by atoms with Gasteiger partial charge >= 0.3 is 0 Å². The number of fused-ring (bicyclic) bond motifs is 1. The number of nitrogen functional groups attached to an aromatic ring is 1. The van der Waals surface area contributed by atoms with Gasteiger partial charge in [0.05, 0.1) is 4.90 Å². The Morgan fingerprint density at radius 1 is 1.06 bits per heavy atom. The average Bonchev–Trinajstić information content (AvgIpc) is 2.29. The minimum absolute atomic E-state index is 0.250. The van der Waals surface area contributed by atoms with Crippen molar-refractivity contribution in [3.63, 3.8) is 0 Å². The third kappa shape index (κ3) is 1.64. The molecule has 0 saturated carbocycles. The molecule has 84 valence electrons. The number of anilines is 1. The van der Waals surface area contributed by atoms with Gasteiger partial charge in [0.1, 0.15) is 0 Å². The minimum Gasteiger partial charge on any atom is -0.398 e. The van der Waals surface area contributed by atoms with E-state index in [2.05, 4.69) is 4.72 Å². The lowest BCUT2D eigenvalue weighted by Crippen LogP contribution is -2.18. The molecule has 0 atom stereocenters. The number of hydrogen-bond acceptors (Lipinski definition) is 3. The maximum absolute atomic E-state index is 11.8. The predicted octanol–water partition coefficient (Wildman–Crippen LogP) is 1.33. The van der Waals surface area contributed by atoms with Gasteiger partial charge in [0.25, 0.3) is 0 Å². The molecule has 2 rings (SSSR count). The fourth-order valence-corrected chi connectivity index (χ4v) is 2.57. The van der Waals surface area contributed by atoms with Crippen molar-refractivity contribution in [2.75, 3.05) is 12.8 Å². The average molecular weight is 236 g/mol. The van der Waals surface area contributed by atoms with Crippen molar-refractivity contribution in [1.82, 2.24) is 4.72 Å². The molecule has 5 heteroatoms. The van der Waals surface area contributed by atoms with E-state index in [1.807, 2.05) is 6.07 Å². The molecule has 3 N–H and O–H groups in total. The van der Waals surface area contributed by atoms with Crippen LogP contribution in [0.4, 0.5) is 5.69 Å². The molecule has 16 heavy (non-hydrogen) atoms. The van der Waals surface area contributed by atoms with Crippen LogP contribution in [0.2, 0.25) is 0 Å². The van der Waals surface area contributed by atoms with Gasteiger partial charge in [0, 0.05) is 16.5 Å². The van der Waals surface area contributed by atoms with Crippen LogP contribution in [0.1, 0.15) is 0 Å². The monoisotopic (exact) mass is 236 g/mol. The molecule has 0 spiro atoms. The van der Waals surface area contributed by atoms with Gasteiger partial charge in [-0.2, -0.15) is 0 Å². The topological polar surface area (TPSA) is 72.2 Å². The van der Waals surface area contributed by atoms with Crippen LogP contribution < -0.4 is 10.5 Å². The van der Waals surface area contributed by atoms with Gasteiger partial charge in [-0.25, -0.2) is 13.1 Å². The van der Waals surface area contributed by atoms with Crippen LogP contribution in [0.5, 0.6) is 0 Å². The molecule has 0 aliphatic rings. The highest BCUT2D eigenvalue weighted by Crippen LogP contribution is 2.27. The lowest BCUT2D eigenvalue weighted by atomic mass is 10.1. The standard InChI is InChI=1S/C11H12N2O2S/c1-13-16(14,15)11-7-6-10(12)8-4-2-3-5-9(8)11/h2-7,13H,12H2,1H3. The van der Waals surface area contributed by atoms with Crippen LogP contribution in [0.3, 0.4) is 0 Å². The first-order valence-electron chi connectivity index (χ1n) is 4.77. The molecule has 2 aromatic rings. The Bertz CT molecular complexity index is 635. The summed E-state index contributed by atoms with van der Waals surface area (Å²) in [5, 5.41) is 1.38. The van der Waals surface area contributed by atoms with E-state index in [0.717, 1.165) is 5.39 Å². The van der Waals surface area contributed by atoms with E-state index in [9.17, 15) is 8.42 Å². The molecule has 0 bridgehead atoms. The number of sulfonamides is 1. The zero-order chi connectivity index (χ0) is 11.8. The Balaban J connectivity index is 2.88. The second-order valence-electron chi connectivity index (χ2n) is 3.41. The predicted molar refractivity (Wildman–Crippen MR) is 64.6 cm³/mol. The Hall–Kier alpha value is -1.59. The van der Waals surface area contributed by atoms with Crippen molar-refractivity contribution in [2.45, 2.75) is 4.90 Å². The van der Waals surface area contributed by atoms with Gasteiger partial charge in [-0.1, -0.05) is 24.3 Å². The summed E-state index contributed by atoms with van der Waals surface area (Å²) in [6, 6.07) is 10.3. The Kier molecular flexibility index (Phi) is 2.57. The number of benzene rings is 2.